The second kappa shape index (κ2) is 12.4. The summed E-state index contributed by atoms with van der Waals surface area (Å²) in [7, 11) is 1.78. The molecule has 0 unspecified atom stereocenters. The van der Waals surface area contributed by atoms with Crippen LogP contribution in [0, 0.1) is 0 Å². The molecule has 1 N–H and O–H groups in total. The molecule has 0 aliphatic carbocycles. The van der Waals surface area contributed by atoms with Crippen LogP contribution in [0.15, 0.2) is 73.1 Å². The number of rotatable bonds is 10. The Labute approximate surface area is 188 Å². The molecular weight excluding hydrogens is 416 g/mol. The van der Waals surface area contributed by atoms with Gasteiger partial charge in [0.2, 0.25) is 11.8 Å². The van der Waals surface area contributed by atoms with Crippen LogP contribution in [0.1, 0.15) is 12.0 Å². The molecule has 0 aliphatic heterocycles. The van der Waals surface area contributed by atoms with E-state index >= 15 is 0 Å². The third kappa shape index (κ3) is 8.14. The highest BCUT2D eigenvalue weighted by molar-refractivity contribution is 5.90. The van der Waals surface area contributed by atoms with Gasteiger partial charge in [-0.15, -0.1) is 12.4 Å². The zero-order chi connectivity index (χ0) is 21.2. The second-order valence-electron chi connectivity index (χ2n) is 6.94. The Morgan fingerprint density at radius 3 is 2.45 bits per heavy atom. The largest absolute Gasteiger partial charge is 0.493 e. The maximum absolute atomic E-state index is 12.4. The quantitative estimate of drug-likeness (QED) is 0.522. The van der Waals surface area contributed by atoms with Crippen LogP contribution in [0.3, 0.4) is 0 Å². The number of amides is 2. The Bertz CT molecular complexity index is 948. The van der Waals surface area contributed by atoms with E-state index in [0.29, 0.717) is 12.2 Å². The highest BCUT2D eigenvalue weighted by atomic mass is 35.5. The van der Waals surface area contributed by atoms with E-state index < -0.39 is 0 Å². The Morgan fingerprint density at radius 1 is 1.06 bits per heavy atom. The molecule has 1 heterocycles. The van der Waals surface area contributed by atoms with Crippen molar-refractivity contribution >= 4 is 29.9 Å². The number of carbonyl (C=O) groups is 2. The fourth-order valence-electron chi connectivity index (χ4n) is 2.84. The van der Waals surface area contributed by atoms with Crippen LogP contribution in [-0.2, 0) is 22.6 Å². The van der Waals surface area contributed by atoms with Crippen LogP contribution < -0.4 is 10.1 Å². The molecule has 8 heteroatoms. The molecule has 2 amide bonds. The van der Waals surface area contributed by atoms with E-state index in [9.17, 15) is 9.59 Å². The molecule has 0 aliphatic rings. The highest BCUT2D eigenvalue weighted by Gasteiger charge is 2.11. The van der Waals surface area contributed by atoms with Crippen molar-refractivity contribution in [3.8, 4) is 5.75 Å². The Balaban J connectivity index is 0.00000341. The summed E-state index contributed by atoms with van der Waals surface area (Å²) in [6, 6.07) is 19.4. The molecule has 1 aromatic heterocycles. The van der Waals surface area contributed by atoms with Gasteiger partial charge in [-0.1, -0.05) is 48.5 Å². The first-order valence-corrected chi connectivity index (χ1v) is 9.88. The smallest absolute Gasteiger partial charge is 0.244 e. The van der Waals surface area contributed by atoms with Gasteiger partial charge in [-0.05, 0) is 24.1 Å². The normalized spacial score (nSPS) is 10.1. The molecule has 0 saturated carbocycles. The zero-order valence-corrected chi connectivity index (χ0v) is 18.3. The van der Waals surface area contributed by atoms with Crippen molar-refractivity contribution in [2.45, 2.75) is 19.4 Å². The number of ether oxygens (including phenoxy) is 1. The van der Waals surface area contributed by atoms with E-state index in [2.05, 4.69) is 10.4 Å². The maximum atomic E-state index is 12.4. The van der Waals surface area contributed by atoms with Crippen LogP contribution in [0.25, 0.3) is 0 Å². The van der Waals surface area contributed by atoms with Crippen molar-refractivity contribution in [3.05, 3.63) is 78.6 Å². The predicted molar refractivity (Wildman–Crippen MR) is 122 cm³/mol. The van der Waals surface area contributed by atoms with Gasteiger partial charge in [-0.25, -0.2) is 0 Å². The van der Waals surface area contributed by atoms with Crippen molar-refractivity contribution in [2.75, 3.05) is 25.5 Å². The number of hydrogen-bond acceptors (Lipinski definition) is 4. The number of nitrogens with one attached hydrogen (secondary N) is 1. The molecule has 0 fully saturated rings. The van der Waals surface area contributed by atoms with Crippen molar-refractivity contribution < 1.29 is 14.3 Å². The lowest BCUT2D eigenvalue weighted by molar-refractivity contribution is -0.130. The molecule has 0 atom stereocenters. The van der Waals surface area contributed by atoms with Gasteiger partial charge >= 0.3 is 0 Å². The summed E-state index contributed by atoms with van der Waals surface area (Å²) in [6.07, 6.45) is 4.21. The van der Waals surface area contributed by atoms with E-state index in [1.165, 1.54) is 16.4 Å². The summed E-state index contributed by atoms with van der Waals surface area (Å²) < 4.78 is 7.05. The Morgan fingerprint density at radius 2 is 1.74 bits per heavy atom. The van der Waals surface area contributed by atoms with Crippen LogP contribution in [0.5, 0.6) is 5.75 Å². The number of halogens is 1. The van der Waals surface area contributed by atoms with E-state index in [4.69, 9.17) is 4.74 Å². The number of carbonyl (C=O) groups excluding carboxylic acids is 2. The predicted octanol–water partition coefficient (Wildman–Crippen LogP) is 3.41. The van der Waals surface area contributed by atoms with Gasteiger partial charge in [0, 0.05) is 19.8 Å². The number of likely N-dealkylation sites (N-methyl/N-ethyl adjacent to an activating group) is 1. The van der Waals surface area contributed by atoms with E-state index in [-0.39, 0.29) is 43.8 Å². The molecule has 3 rings (SSSR count). The van der Waals surface area contributed by atoms with Crippen molar-refractivity contribution in [2.24, 2.45) is 0 Å². The molecule has 2 aromatic carbocycles. The number of nitrogens with zero attached hydrogens (tertiary/aromatic N) is 3. The second-order valence-corrected chi connectivity index (χ2v) is 6.94. The van der Waals surface area contributed by atoms with Crippen LogP contribution in [0.2, 0.25) is 0 Å². The van der Waals surface area contributed by atoms with Crippen LogP contribution >= 0.6 is 12.4 Å². The number of aromatic nitrogens is 2. The molecule has 31 heavy (non-hydrogen) atoms. The van der Waals surface area contributed by atoms with Gasteiger partial charge in [0.15, 0.2) is 0 Å². The summed E-state index contributed by atoms with van der Waals surface area (Å²) in [4.78, 5) is 26.1. The summed E-state index contributed by atoms with van der Waals surface area (Å²) >= 11 is 0. The lowest BCUT2D eigenvalue weighted by Gasteiger charge is -2.17. The minimum absolute atomic E-state index is 0. The number of benzene rings is 2. The molecule has 7 nitrogen and oxygen atoms in total. The molecule has 0 spiro atoms. The number of hydrogen-bond donors (Lipinski definition) is 1. The van der Waals surface area contributed by atoms with Gasteiger partial charge in [0.1, 0.15) is 12.3 Å². The average Bonchev–Trinajstić information content (AvgIpc) is 3.20. The van der Waals surface area contributed by atoms with E-state index in [0.717, 1.165) is 12.2 Å². The summed E-state index contributed by atoms with van der Waals surface area (Å²) in [5.74, 6) is 0.521. The molecule has 164 valence electrons. The maximum Gasteiger partial charge on any atom is 0.244 e. The average molecular weight is 443 g/mol. The fraction of sp³-hybridized carbons (Fsp3) is 0.261. The van der Waals surface area contributed by atoms with Gasteiger partial charge in [-0.2, -0.15) is 5.10 Å². The van der Waals surface area contributed by atoms with Crippen molar-refractivity contribution in [3.63, 3.8) is 0 Å². The Kier molecular flexibility index (Phi) is 9.58. The first-order valence-electron chi connectivity index (χ1n) is 9.88. The van der Waals surface area contributed by atoms with Gasteiger partial charge in [-0.3, -0.25) is 14.3 Å². The third-order valence-corrected chi connectivity index (χ3v) is 4.56. The third-order valence-electron chi connectivity index (χ3n) is 4.56. The van der Waals surface area contributed by atoms with Gasteiger partial charge in [0.25, 0.3) is 0 Å². The zero-order valence-electron chi connectivity index (χ0n) is 17.4. The van der Waals surface area contributed by atoms with Crippen molar-refractivity contribution in [1.82, 2.24) is 14.7 Å². The minimum Gasteiger partial charge on any atom is -0.493 e. The SMILES string of the molecule is CN(CCc1ccccc1)C(=O)Cn1cc(NC(=O)CCOc2ccccc2)cn1.Cl. The summed E-state index contributed by atoms with van der Waals surface area (Å²) in [6.45, 7) is 1.04. The standard InChI is InChI=1S/C23H26N4O3.ClH/c1-26(14-12-19-8-4-2-5-9-19)23(29)18-27-17-20(16-24-27)25-22(28)13-15-30-21-10-6-3-7-11-21;/h2-11,16-17H,12-15,18H2,1H3,(H,25,28);1H. The first kappa shape index (κ1) is 24.0. The minimum atomic E-state index is -0.170. The van der Waals surface area contributed by atoms with Crippen LogP contribution in [-0.4, -0.2) is 46.7 Å². The molecule has 0 saturated heterocycles. The van der Waals surface area contributed by atoms with Crippen LogP contribution in [0.4, 0.5) is 5.69 Å². The molecular formula is C23H27ClN4O3. The molecule has 0 radical (unpaired) electrons. The lowest BCUT2D eigenvalue weighted by Crippen LogP contribution is -2.32. The Hall–Kier alpha value is -3.32. The van der Waals surface area contributed by atoms with Gasteiger partial charge in [0.05, 0.1) is 24.9 Å². The van der Waals surface area contributed by atoms with E-state index in [1.54, 1.807) is 18.1 Å². The first-order chi connectivity index (χ1) is 14.6. The monoisotopic (exact) mass is 442 g/mol. The van der Waals surface area contributed by atoms with E-state index in [1.807, 2.05) is 60.7 Å². The summed E-state index contributed by atoms with van der Waals surface area (Å²) in [5, 5.41) is 6.93. The number of para-hydroxylation sites is 1. The molecule has 0 bridgehead atoms. The molecule has 3 aromatic rings. The highest BCUT2D eigenvalue weighted by Crippen LogP contribution is 2.10. The lowest BCUT2D eigenvalue weighted by atomic mass is 10.1. The summed E-state index contributed by atoms with van der Waals surface area (Å²) in [5.41, 5.74) is 1.75. The fourth-order valence-corrected chi connectivity index (χ4v) is 2.84. The van der Waals surface area contributed by atoms with Crippen molar-refractivity contribution in [1.29, 1.82) is 0 Å². The topological polar surface area (TPSA) is 76.5 Å². The number of anilines is 1. The van der Waals surface area contributed by atoms with Gasteiger partial charge < -0.3 is 15.0 Å².